The molecule has 174 valence electrons. The summed E-state index contributed by atoms with van der Waals surface area (Å²) in [4.78, 5) is 5.95. The summed E-state index contributed by atoms with van der Waals surface area (Å²) in [6.45, 7) is 6.93. The van der Waals surface area contributed by atoms with Gasteiger partial charge in [-0.3, -0.25) is 4.90 Å². The van der Waals surface area contributed by atoms with Crippen molar-refractivity contribution in [2.24, 2.45) is 17.3 Å². The number of piperidine rings is 2. The summed E-state index contributed by atoms with van der Waals surface area (Å²) in [6, 6.07) is 0.776. The van der Waals surface area contributed by atoms with Crippen LogP contribution in [0.1, 0.15) is 103 Å². The Kier molecular flexibility index (Phi) is 7.56. The molecule has 0 radical (unpaired) electrons. The van der Waals surface area contributed by atoms with E-state index in [1.54, 1.807) is 0 Å². The standard InChI is InChI=1S/C29H48N2/c1-2-5-9-13-17-29-23-30(18-14-10-6-3-1)22-26-20-25-16-12-8-4-7-11-15-19-31(24-29)28(25)21-27(26)29/h4,8,16,26-28H,1-3,5-7,9-15,17-24H2/b8-4-,25-16-/t26-,27-,28+,29+/m1/s1. The zero-order valence-corrected chi connectivity index (χ0v) is 20.2. The molecule has 2 heteroatoms. The average Bonchev–Trinajstić information content (AvgIpc) is 2.82. The third-order valence-corrected chi connectivity index (χ3v) is 9.65. The van der Waals surface area contributed by atoms with Crippen LogP contribution >= 0.6 is 0 Å². The fourth-order valence-electron chi connectivity index (χ4n) is 8.16. The Hall–Kier alpha value is -0.600. The van der Waals surface area contributed by atoms with Crippen LogP contribution in [0.4, 0.5) is 0 Å². The van der Waals surface area contributed by atoms with Crippen LogP contribution in [0.5, 0.6) is 0 Å². The molecule has 0 aromatic heterocycles. The molecule has 0 aromatic carbocycles. The fraction of sp³-hybridized carbons (Fsp3) is 0.862. The Morgan fingerprint density at radius 1 is 0.774 bits per heavy atom. The molecule has 5 rings (SSSR count). The summed E-state index contributed by atoms with van der Waals surface area (Å²) in [5, 5.41) is 0. The van der Waals surface area contributed by atoms with Crippen LogP contribution in [0.3, 0.4) is 0 Å². The highest BCUT2D eigenvalue weighted by Crippen LogP contribution is 2.55. The van der Waals surface area contributed by atoms with Gasteiger partial charge in [0.15, 0.2) is 0 Å². The maximum atomic E-state index is 3.00. The molecule has 31 heavy (non-hydrogen) atoms. The molecule has 0 N–H and O–H groups in total. The van der Waals surface area contributed by atoms with E-state index >= 15 is 0 Å². The molecule has 5 atom stereocenters. The van der Waals surface area contributed by atoms with Gasteiger partial charge in [0.2, 0.25) is 0 Å². The second-order valence-electron chi connectivity index (χ2n) is 11.8. The van der Waals surface area contributed by atoms with Crippen molar-refractivity contribution in [1.29, 1.82) is 0 Å². The first-order chi connectivity index (χ1) is 15.3. The van der Waals surface area contributed by atoms with Crippen LogP contribution in [0.25, 0.3) is 0 Å². The molecule has 1 spiro atoms. The van der Waals surface area contributed by atoms with E-state index in [4.69, 9.17) is 0 Å². The number of hydrogen-bond acceptors (Lipinski definition) is 2. The second kappa shape index (κ2) is 10.6. The first-order valence-electron chi connectivity index (χ1n) is 14.1. The number of rotatable bonds is 0. The Balaban J connectivity index is 1.40. The van der Waals surface area contributed by atoms with Gasteiger partial charge in [-0.25, -0.2) is 0 Å². The third kappa shape index (κ3) is 5.16. The predicted molar refractivity (Wildman–Crippen MR) is 132 cm³/mol. The smallest absolute Gasteiger partial charge is 0.0310 e. The van der Waals surface area contributed by atoms with Crippen LogP contribution in [0.15, 0.2) is 23.8 Å². The lowest BCUT2D eigenvalue weighted by molar-refractivity contribution is -0.109. The molecular weight excluding hydrogens is 376 g/mol. The topological polar surface area (TPSA) is 6.48 Å². The maximum absolute atomic E-state index is 3.00. The fourth-order valence-corrected chi connectivity index (χ4v) is 8.16. The van der Waals surface area contributed by atoms with Gasteiger partial charge in [0.25, 0.3) is 0 Å². The summed E-state index contributed by atoms with van der Waals surface area (Å²) in [5.41, 5.74) is 2.41. The molecular formula is C29H48N2. The molecule has 4 heterocycles. The number of nitrogens with zero attached hydrogens (tertiary/aromatic N) is 2. The van der Waals surface area contributed by atoms with Crippen molar-refractivity contribution in [3.8, 4) is 0 Å². The molecule has 0 aromatic rings. The van der Waals surface area contributed by atoms with Crippen molar-refractivity contribution < 1.29 is 0 Å². The van der Waals surface area contributed by atoms with E-state index in [-0.39, 0.29) is 0 Å². The van der Waals surface area contributed by atoms with Crippen molar-refractivity contribution in [2.75, 3.05) is 32.7 Å². The highest BCUT2D eigenvalue weighted by molar-refractivity contribution is 5.23. The van der Waals surface area contributed by atoms with Crippen molar-refractivity contribution in [3.63, 3.8) is 0 Å². The summed E-state index contributed by atoms with van der Waals surface area (Å²) in [7, 11) is 0. The maximum Gasteiger partial charge on any atom is 0.0310 e. The van der Waals surface area contributed by atoms with Crippen LogP contribution in [0.2, 0.25) is 0 Å². The predicted octanol–water partition coefficient (Wildman–Crippen LogP) is 6.97. The van der Waals surface area contributed by atoms with Gasteiger partial charge in [-0.15, -0.1) is 0 Å². The molecule has 4 bridgehead atoms. The SMILES string of the molecule is C1=C\CCCCN2C[C@@]34CCCCCCCCCCCN(C[C@H]5C/C(=C/C/1)[C@@H]2C[C@H]53)C4. The van der Waals surface area contributed by atoms with Crippen LogP contribution in [-0.4, -0.2) is 48.6 Å². The normalized spacial score (nSPS) is 43.5. The molecule has 5 aliphatic rings. The van der Waals surface area contributed by atoms with Gasteiger partial charge in [0.1, 0.15) is 0 Å². The van der Waals surface area contributed by atoms with E-state index in [1.165, 1.54) is 135 Å². The van der Waals surface area contributed by atoms with E-state index in [0.717, 1.165) is 17.9 Å². The quantitative estimate of drug-likeness (QED) is 0.387. The molecule has 1 unspecified atom stereocenters. The van der Waals surface area contributed by atoms with E-state index in [9.17, 15) is 0 Å². The molecule has 1 saturated carbocycles. The lowest BCUT2D eigenvalue weighted by Gasteiger charge is -2.62. The Morgan fingerprint density at radius 3 is 2.42 bits per heavy atom. The summed E-state index contributed by atoms with van der Waals surface area (Å²) < 4.78 is 0. The van der Waals surface area contributed by atoms with Gasteiger partial charge < -0.3 is 4.90 Å². The van der Waals surface area contributed by atoms with Gasteiger partial charge in [0.05, 0.1) is 0 Å². The van der Waals surface area contributed by atoms with Crippen molar-refractivity contribution in [1.82, 2.24) is 9.80 Å². The van der Waals surface area contributed by atoms with Gasteiger partial charge in [-0.05, 0) is 81.7 Å². The molecule has 0 amide bonds. The van der Waals surface area contributed by atoms with Gasteiger partial charge in [-0.2, -0.15) is 0 Å². The summed E-state index contributed by atoms with van der Waals surface area (Å²) in [6.07, 6.45) is 30.4. The van der Waals surface area contributed by atoms with Crippen LogP contribution in [0, 0.1) is 17.3 Å². The Labute approximate surface area is 192 Å². The second-order valence-corrected chi connectivity index (χ2v) is 11.8. The van der Waals surface area contributed by atoms with E-state index in [0.29, 0.717) is 5.41 Å². The lowest BCUT2D eigenvalue weighted by Crippen LogP contribution is -2.66. The first kappa shape index (κ1) is 22.2. The third-order valence-electron chi connectivity index (χ3n) is 9.65. The molecule has 2 nitrogen and oxygen atoms in total. The zero-order chi connectivity index (χ0) is 20.9. The highest BCUT2D eigenvalue weighted by Gasteiger charge is 2.55. The van der Waals surface area contributed by atoms with Crippen molar-refractivity contribution >= 4 is 0 Å². The van der Waals surface area contributed by atoms with Gasteiger partial charge >= 0.3 is 0 Å². The minimum absolute atomic E-state index is 0.591. The molecule has 1 aliphatic carbocycles. The van der Waals surface area contributed by atoms with E-state index in [1.807, 2.05) is 5.57 Å². The average molecular weight is 425 g/mol. The lowest BCUT2D eigenvalue weighted by atomic mass is 9.54. The first-order valence-corrected chi connectivity index (χ1v) is 14.1. The van der Waals surface area contributed by atoms with Gasteiger partial charge in [-0.1, -0.05) is 75.2 Å². The minimum atomic E-state index is 0.591. The summed E-state index contributed by atoms with van der Waals surface area (Å²) >= 11 is 0. The Morgan fingerprint density at radius 2 is 1.55 bits per heavy atom. The number of hydrogen-bond donors (Lipinski definition) is 0. The molecule has 4 fully saturated rings. The Bertz CT molecular complexity index is 637. The van der Waals surface area contributed by atoms with E-state index in [2.05, 4.69) is 28.0 Å². The largest absolute Gasteiger partial charge is 0.302 e. The van der Waals surface area contributed by atoms with Crippen LogP contribution < -0.4 is 0 Å². The van der Waals surface area contributed by atoms with Gasteiger partial charge in [0, 0.05) is 25.7 Å². The number of fused-ring (bicyclic) bond motifs is 1. The summed E-state index contributed by atoms with van der Waals surface area (Å²) in [5.74, 6) is 1.93. The molecule has 4 aliphatic heterocycles. The van der Waals surface area contributed by atoms with Crippen molar-refractivity contribution in [3.05, 3.63) is 23.8 Å². The molecule has 3 saturated heterocycles. The monoisotopic (exact) mass is 424 g/mol. The zero-order valence-electron chi connectivity index (χ0n) is 20.2. The van der Waals surface area contributed by atoms with Crippen molar-refractivity contribution in [2.45, 2.75) is 109 Å². The number of allylic oxidation sites excluding steroid dienone is 3. The van der Waals surface area contributed by atoms with Crippen LogP contribution in [-0.2, 0) is 0 Å². The van der Waals surface area contributed by atoms with E-state index < -0.39 is 0 Å². The minimum Gasteiger partial charge on any atom is -0.302 e. The highest BCUT2D eigenvalue weighted by atomic mass is 15.2.